The van der Waals surface area contributed by atoms with Crippen LogP contribution in [0.5, 0.6) is 0 Å². The van der Waals surface area contributed by atoms with E-state index >= 15 is 0 Å². The average molecular weight is 364 g/mol. The quantitative estimate of drug-likeness (QED) is 0.434. The molecule has 0 fully saturated rings. The molecule has 1 rings (SSSR count). The van der Waals surface area contributed by atoms with Gasteiger partial charge in [0.25, 0.3) is 5.91 Å². The molecule has 1 aromatic rings. The summed E-state index contributed by atoms with van der Waals surface area (Å²) in [6.45, 7) is 4.85. The summed E-state index contributed by atoms with van der Waals surface area (Å²) in [5.41, 5.74) is 1.10. The van der Waals surface area contributed by atoms with E-state index < -0.39 is 0 Å². The van der Waals surface area contributed by atoms with Gasteiger partial charge in [0.05, 0.1) is 11.3 Å². The van der Waals surface area contributed by atoms with Gasteiger partial charge in [-0.3, -0.25) is 9.59 Å². The summed E-state index contributed by atoms with van der Waals surface area (Å²) in [6, 6.07) is 7.13. The van der Waals surface area contributed by atoms with E-state index in [4.69, 9.17) is 12.2 Å². The molecule has 0 saturated heterocycles. The van der Waals surface area contributed by atoms with Crippen molar-refractivity contribution in [2.24, 2.45) is 0 Å². The molecule has 0 radical (unpaired) electrons. The standard InChI is InChI=1S/C19H29N3O2S/c1-3-5-7-8-13-17(23)22-19(25)21-16-12-10-9-11-15(16)18(24)20-14-6-4-2/h9-12H,3-8,13-14H2,1-2H3,(H,20,24)(H2,21,22,23,25). The largest absolute Gasteiger partial charge is 0.352 e. The van der Waals surface area contributed by atoms with Gasteiger partial charge in [0.2, 0.25) is 5.91 Å². The summed E-state index contributed by atoms with van der Waals surface area (Å²) in [5.74, 6) is -0.247. The normalized spacial score (nSPS) is 10.2. The zero-order valence-electron chi connectivity index (χ0n) is 15.2. The van der Waals surface area contributed by atoms with Gasteiger partial charge in [0.1, 0.15) is 0 Å². The molecule has 0 saturated carbocycles. The molecule has 25 heavy (non-hydrogen) atoms. The van der Waals surface area contributed by atoms with Gasteiger partial charge in [-0.05, 0) is 37.2 Å². The van der Waals surface area contributed by atoms with Crippen molar-refractivity contribution in [3.05, 3.63) is 29.8 Å². The minimum absolute atomic E-state index is 0.0986. The zero-order chi connectivity index (χ0) is 18.5. The fourth-order valence-corrected chi connectivity index (χ4v) is 2.54. The summed E-state index contributed by atoms with van der Waals surface area (Å²) in [4.78, 5) is 24.1. The highest BCUT2D eigenvalue weighted by atomic mass is 32.1. The highest BCUT2D eigenvalue weighted by Gasteiger charge is 2.12. The predicted molar refractivity (Wildman–Crippen MR) is 107 cm³/mol. The molecular weight excluding hydrogens is 334 g/mol. The van der Waals surface area contributed by atoms with Crippen LogP contribution in [-0.2, 0) is 4.79 Å². The number of hydrogen-bond acceptors (Lipinski definition) is 3. The number of rotatable bonds is 10. The Hall–Kier alpha value is -1.95. The number of carbonyl (C=O) groups excluding carboxylic acids is 2. The fraction of sp³-hybridized carbons (Fsp3) is 0.526. The van der Waals surface area contributed by atoms with Crippen LogP contribution in [0.15, 0.2) is 24.3 Å². The Morgan fingerprint density at radius 3 is 2.44 bits per heavy atom. The van der Waals surface area contributed by atoms with Gasteiger partial charge in [-0.25, -0.2) is 0 Å². The number of unbranched alkanes of at least 4 members (excludes halogenated alkanes) is 4. The molecule has 0 atom stereocenters. The van der Waals surface area contributed by atoms with Crippen LogP contribution >= 0.6 is 12.2 Å². The third kappa shape index (κ3) is 8.63. The highest BCUT2D eigenvalue weighted by Crippen LogP contribution is 2.15. The molecule has 0 aliphatic heterocycles. The lowest BCUT2D eigenvalue weighted by Crippen LogP contribution is -2.35. The Morgan fingerprint density at radius 2 is 1.72 bits per heavy atom. The Morgan fingerprint density at radius 1 is 1.00 bits per heavy atom. The van der Waals surface area contributed by atoms with Crippen LogP contribution in [-0.4, -0.2) is 23.5 Å². The minimum Gasteiger partial charge on any atom is -0.352 e. The van der Waals surface area contributed by atoms with Crippen LogP contribution < -0.4 is 16.0 Å². The lowest BCUT2D eigenvalue weighted by Gasteiger charge is -2.13. The van der Waals surface area contributed by atoms with Crippen LogP contribution in [0.4, 0.5) is 5.69 Å². The molecule has 0 unspecified atom stereocenters. The maximum atomic E-state index is 12.3. The number of nitrogens with one attached hydrogen (secondary N) is 3. The maximum Gasteiger partial charge on any atom is 0.253 e. The fourth-order valence-electron chi connectivity index (χ4n) is 2.32. The van der Waals surface area contributed by atoms with E-state index in [2.05, 4.69) is 29.8 Å². The summed E-state index contributed by atoms with van der Waals surface area (Å²) in [7, 11) is 0. The predicted octanol–water partition coefficient (Wildman–Crippen LogP) is 4.00. The van der Waals surface area contributed by atoms with Gasteiger partial charge in [-0.2, -0.15) is 0 Å². The van der Waals surface area contributed by atoms with Crippen LogP contribution in [0, 0.1) is 0 Å². The average Bonchev–Trinajstić information content (AvgIpc) is 2.59. The summed E-state index contributed by atoms with van der Waals surface area (Å²) < 4.78 is 0. The topological polar surface area (TPSA) is 70.2 Å². The Kier molecular flexibility index (Phi) is 10.5. The Labute approximate surface area is 156 Å². The number of amides is 2. The molecule has 0 heterocycles. The van der Waals surface area contributed by atoms with Gasteiger partial charge in [-0.15, -0.1) is 0 Å². The summed E-state index contributed by atoms with van der Waals surface area (Å²) in [5, 5.41) is 8.73. The molecule has 0 bridgehead atoms. The molecule has 0 spiro atoms. The van der Waals surface area contributed by atoms with Crippen molar-refractivity contribution in [3.63, 3.8) is 0 Å². The molecule has 2 amide bonds. The van der Waals surface area contributed by atoms with Crippen LogP contribution in [0.2, 0.25) is 0 Å². The number of hydrogen-bond donors (Lipinski definition) is 3. The summed E-state index contributed by atoms with van der Waals surface area (Å²) in [6.07, 6.45) is 6.60. The second kappa shape index (κ2) is 12.4. The van der Waals surface area contributed by atoms with E-state index in [1.54, 1.807) is 18.2 Å². The monoisotopic (exact) mass is 363 g/mol. The number of anilines is 1. The first-order valence-corrected chi connectivity index (χ1v) is 9.47. The number of thiocarbonyl (C=S) groups is 1. The second-order valence-electron chi connectivity index (χ2n) is 5.97. The second-order valence-corrected chi connectivity index (χ2v) is 6.38. The first-order valence-electron chi connectivity index (χ1n) is 9.06. The van der Waals surface area contributed by atoms with E-state index in [-0.39, 0.29) is 16.9 Å². The third-order valence-electron chi connectivity index (χ3n) is 3.75. The van der Waals surface area contributed by atoms with E-state index in [9.17, 15) is 9.59 Å². The lowest BCUT2D eigenvalue weighted by atomic mass is 10.1. The first-order chi connectivity index (χ1) is 12.1. The molecule has 5 nitrogen and oxygen atoms in total. The van der Waals surface area contributed by atoms with Crippen LogP contribution in [0.3, 0.4) is 0 Å². The first kappa shape index (κ1) is 21.1. The van der Waals surface area contributed by atoms with E-state index in [0.717, 1.165) is 38.5 Å². The van der Waals surface area contributed by atoms with Crippen molar-refractivity contribution < 1.29 is 9.59 Å². The summed E-state index contributed by atoms with van der Waals surface area (Å²) >= 11 is 5.19. The molecule has 3 N–H and O–H groups in total. The Bertz CT molecular complexity index is 576. The van der Waals surface area contributed by atoms with E-state index in [0.29, 0.717) is 24.2 Å². The van der Waals surface area contributed by atoms with Gasteiger partial charge in [0.15, 0.2) is 5.11 Å². The minimum atomic E-state index is -0.148. The number of para-hydroxylation sites is 1. The third-order valence-corrected chi connectivity index (χ3v) is 3.95. The molecular formula is C19H29N3O2S. The van der Waals surface area contributed by atoms with Gasteiger partial charge < -0.3 is 16.0 Å². The zero-order valence-corrected chi connectivity index (χ0v) is 16.0. The Balaban J connectivity index is 2.53. The number of carbonyl (C=O) groups is 2. The number of benzene rings is 1. The lowest BCUT2D eigenvalue weighted by molar-refractivity contribution is -0.119. The van der Waals surface area contributed by atoms with Gasteiger partial charge >= 0.3 is 0 Å². The highest BCUT2D eigenvalue weighted by molar-refractivity contribution is 7.80. The van der Waals surface area contributed by atoms with Crippen molar-refractivity contribution >= 4 is 34.8 Å². The smallest absolute Gasteiger partial charge is 0.253 e. The van der Waals surface area contributed by atoms with E-state index in [1.807, 2.05) is 6.07 Å². The SMILES string of the molecule is CCCCCCC(=O)NC(=S)Nc1ccccc1C(=O)NCCCC. The van der Waals surface area contributed by atoms with Crippen LogP contribution in [0.1, 0.15) is 69.2 Å². The van der Waals surface area contributed by atoms with E-state index in [1.165, 1.54) is 0 Å². The van der Waals surface area contributed by atoms with Crippen molar-refractivity contribution in [1.29, 1.82) is 0 Å². The van der Waals surface area contributed by atoms with Crippen molar-refractivity contribution in [3.8, 4) is 0 Å². The van der Waals surface area contributed by atoms with Crippen LogP contribution in [0.25, 0.3) is 0 Å². The molecule has 0 aliphatic rings. The van der Waals surface area contributed by atoms with Crippen molar-refractivity contribution in [2.45, 2.75) is 58.8 Å². The molecule has 0 aromatic heterocycles. The van der Waals surface area contributed by atoms with Gasteiger partial charge in [0, 0.05) is 13.0 Å². The van der Waals surface area contributed by atoms with Crippen molar-refractivity contribution in [2.75, 3.05) is 11.9 Å². The molecule has 1 aromatic carbocycles. The molecule has 6 heteroatoms. The van der Waals surface area contributed by atoms with Gasteiger partial charge in [-0.1, -0.05) is 51.7 Å². The van der Waals surface area contributed by atoms with Crippen molar-refractivity contribution in [1.82, 2.24) is 10.6 Å². The molecule has 138 valence electrons. The maximum absolute atomic E-state index is 12.3. The molecule has 0 aliphatic carbocycles.